The van der Waals surface area contributed by atoms with Gasteiger partial charge in [-0.2, -0.15) is 0 Å². The van der Waals surface area contributed by atoms with Gasteiger partial charge in [-0.15, -0.1) is 0 Å². The van der Waals surface area contributed by atoms with Gasteiger partial charge in [0.2, 0.25) is 0 Å². The van der Waals surface area contributed by atoms with Gasteiger partial charge in [-0.1, -0.05) is 56.6 Å². The molecular weight excluding hydrogens is 308 g/mol. The Balaban J connectivity index is 1.80. The molecule has 2 atom stereocenters. The van der Waals surface area contributed by atoms with E-state index < -0.39 is 0 Å². The van der Waals surface area contributed by atoms with Gasteiger partial charge < -0.3 is 9.84 Å². The zero-order valence-electron chi connectivity index (χ0n) is 15.6. The minimum atomic E-state index is 0.192. The van der Waals surface area contributed by atoms with Crippen LogP contribution in [0, 0.1) is 5.92 Å². The molecule has 1 N–H and O–H groups in total. The molecule has 1 unspecified atom stereocenters. The fraction of sp³-hybridized carbons (Fsp3) is 0.478. The van der Waals surface area contributed by atoms with Crippen molar-refractivity contribution >= 4 is 6.08 Å². The number of aromatic hydroxyl groups is 1. The summed E-state index contributed by atoms with van der Waals surface area (Å²) in [7, 11) is 0. The minimum absolute atomic E-state index is 0.192. The molecule has 0 saturated heterocycles. The van der Waals surface area contributed by atoms with Crippen LogP contribution in [0.25, 0.3) is 6.08 Å². The third-order valence-electron chi connectivity index (χ3n) is 5.41. The van der Waals surface area contributed by atoms with E-state index in [9.17, 15) is 5.11 Å². The Morgan fingerprint density at radius 1 is 1.28 bits per heavy atom. The number of phenolic OH excluding ortho intramolecular Hbond substituents is 1. The van der Waals surface area contributed by atoms with Crippen molar-refractivity contribution < 1.29 is 9.84 Å². The molecule has 3 rings (SSSR count). The lowest BCUT2D eigenvalue weighted by Gasteiger charge is -2.36. The van der Waals surface area contributed by atoms with E-state index in [0.717, 1.165) is 41.9 Å². The van der Waals surface area contributed by atoms with Gasteiger partial charge in [0.15, 0.2) is 0 Å². The van der Waals surface area contributed by atoms with Crippen molar-refractivity contribution in [1.29, 1.82) is 0 Å². The SMILES string of the molecule is C=C1Oc2cc(/C=C/CCCCCC)cc(O)c2C2C=C(C)CC[C@@H]12. The molecule has 1 aliphatic carbocycles. The predicted octanol–water partition coefficient (Wildman–Crippen LogP) is 6.72. The molecule has 134 valence electrons. The van der Waals surface area contributed by atoms with E-state index in [2.05, 4.69) is 38.7 Å². The fourth-order valence-corrected chi connectivity index (χ4v) is 3.99. The fourth-order valence-electron chi connectivity index (χ4n) is 3.99. The number of phenols is 1. The molecule has 0 amide bonds. The van der Waals surface area contributed by atoms with E-state index in [1.807, 2.05) is 12.1 Å². The summed E-state index contributed by atoms with van der Waals surface area (Å²) in [6, 6.07) is 3.91. The summed E-state index contributed by atoms with van der Waals surface area (Å²) < 4.78 is 6.00. The molecule has 25 heavy (non-hydrogen) atoms. The molecule has 1 aliphatic heterocycles. The molecule has 2 nitrogen and oxygen atoms in total. The highest BCUT2D eigenvalue weighted by molar-refractivity contribution is 5.62. The second-order valence-corrected chi connectivity index (χ2v) is 7.46. The van der Waals surface area contributed by atoms with Gasteiger partial charge in [-0.3, -0.25) is 0 Å². The molecule has 0 fully saturated rings. The number of benzene rings is 1. The van der Waals surface area contributed by atoms with Crippen LogP contribution in [0.5, 0.6) is 11.5 Å². The van der Waals surface area contributed by atoms with Gasteiger partial charge in [-0.05, 0) is 50.3 Å². The van der Waals surface area contributed by atoms with Crippen LogP contribution in [0.15, 0.2) is 42.2 Å². The van der Waals surface area contributed by atoms with E-state index >= 15 is 0 Å². The van der Waals surface area contributed by atoms with Crippen LogP contribution < -0.4 is 4.74 Å². The van der Waals surface area contributed by atoms with Gasteiger partial charge in [0.1, 0.15) is 17.3 Å². The molecule has 2 heteroatoms. The Bertz CT molecular complexity index is 696. The molecule has 0 aromatic heterocycles. The second kappa shape index (κ2) is 7.95. The van der Waals surface area contributed by atoms with Crippen molar-refractivity contribution in [3.05, 3.63) is 53.3 Å². The number of hydrogen-bond donors (Lipinski definition) is 1. The standard InChI is InChI=1S/C23H30O2/c1-4-5-6-7-8-9-10-18-14-21(24)23-20-13-16(2)11-12-19(20)17(3)25-22(23)15-18/h9-10,13-15,19-20,24H,3-8,11-12H2,1-2H3/b10-9+/t19-,20?/m0/s1. The third-order valence-corrected chi connectivity index (χ3v) is 5.41. The van der Waals surface area contributed by atoms with Crippen LogP contribution in [0.1, 0.15) is 75.8 Å². The lowest BCUT2D eigenvalue weighted by Crippen LogP contribution is -2.25. The topological polar surface area (TPSA) is 29.5 Å². The summed E-state index contributed by atoms with van der Waals surface area (Å²) in [6.07, 6.45) is 14.9. The van der Waals surface area contributed by atoms with Crippen molar-refractivity contribution in [3.63, 3.8) is 0 Å². The van der Waals surface area contributed by atoms with Gasteiger partial charge >= 0.3 is 0 Å². The molecule has 0 spiro atoms. The van der Waals surface area contributed by atoms with Crippen LogP contribution in [0.4, 0.5) is 0 Å². The first-order valence-corrected chi connectivity index (χ1v) is 9.67. The summed E-state index contributed by atoms with van der Waals surface area (Å²) in [5, 5.41) is 10.6. The average Bonchev–Trinajstić information content (AvgIpc) is 2.57. The number of allylic oxidation sites excluding steroid dienone is 4. The van der Waals surface area contributed by atoms with Crippen molar-refractivity contribution in [1.82, 2.24) is 0 Å². The Morgan fingerprint density at radius 3 is 2.92 bits per heavy atom. The van der Waals surface area contributed by atoms with Crippen molar-refractivity contribution in [2.24, 2.45) is 5.92 Å². The highest BCUT2D eigenvalue weighted by atomic mass is 16.5. The maximum atomic E-state index is 10.6. The van der Waals surface area contributed by atoms with E-state index in [1.54, 1.807) is 0 Å². The lowest BCUT2D eigenvalue weighted by atomic mass is 9.74. The monoisotopic (exact) mass is 338 g/mol. The first kappa shape index (κ1) is 17.8. The van der Waals surface area contributed by atoms with Crippen LogP contribution in [-0.4, -0.2) is 5.11 Å². The minimum Gasteiger partial charge on any atom is -0.507 e. The van der Waals surface area contributed by atoms with Crippen LogP contribution in [0.2, 0.25) is 0 Å². The maximum absolute atomic E-state index is 10.6. The summed E-state index contributed by atoms with van der Waals surface area (Å²) in [5.41, 5.74) is 3.31. The molecule has 0 radical (unpaired) electrons. The van der Waals surface area contributed by atoms with Gasteiger partial charge in [0, 0.05) is 17.4 Å². The zero-order chi connectivity index (χ0) is 17.8. The third kappa shape index (κ3) is 4.00. The molecule has 0 saturated carbocycles. The average molecular weight is 338 g/mol. The van der Waals surface area contributed by atoms with Gasteiger partial charge in [-0.25, -0.2) is 0 Å². The Kier molecular flexibility index (Phi) is 5.67. The number of unbranched alkanes of at least 4 members (excludes halogenated alkanes) is 4. The predicted molar refractivity (Wildman–Crippen MR) is 105 cm³/mol. The highest BCUT2D eigenvalue weighted by Crippen LogP contribution is 2.51. The van der Waals surface area contributed by atoms with Crippen LogP contribution >= 0.6 is 0 Å². The smallest absolute Gasteiger partial charge is 0.135 e. The maximum Gasteiger partial charge on any atom is 0.135 e. The van der Waals surface area contributed by atoms with E-state index in [0.29, 0.717) is 5.75 Å². The number of ether oxygens (including phenoxy) is 1. The van der Waals surface area contributed by atoms with Gasteiger partial charge in [0.25, 0.3) is 0 Å². The number of fused-ring (bicyclic) bond motifs is 3. The lowest BCUT2D eigenvalue weighted by molar-refractivity contribution is 0.275. The Hall–Kier alpha value is -1.96. The largest absolute Gasteiger partial charge is 0.507 e. The van der Waals surface area contributed by atoms with Crippen LogP contribution in [0.3, 0.4) is 0 Å². The Labute approximate surface area is 151 Å². The molecule has 1 aromatic rings. The summed E-state index contributed by atoms with van der Waals surface area (Å²) in [5.74, 6) is 2.42. The molecule has 1 aromatic carbocycles. The van der Waals surface area contributed by atoms with Crippen molar-refractivity contribution in [2.75, 3.05) is 0 Å². The first-order valence-electron chi connectivity index (χ1n) is 9.67. The van der Waals surface area contributed by atoms with Crippen molar-refractivity contribution in [3.8, 4) is 11.5 Å². The number of hydrogen-bond acceptors (Lipinski definition) is 2. The van der Waals surface area contributed by atoms with Gasteiger partial charge in [0.05, 0.1) is 0 Å². The first-order chi connectivity index (χ1) is 12.1. The highest BCUT2D eigenvalue weighted by Gasteiger charge is 2.36. The van der Waals surface area contributed by atoms with E-state index in [4.69, 9.17) is 4.74 Å². The van der Waals surface area contributed by atoms with E-state index in [1.165, 1.54) is 31.3 Å². The molecule has 2 aliphatic rings. The summed E-state index contributed by atoms with van der Waals surface area (Å²) in [6.45, 7) is 8.53. The second-order valence-electron chi connectivity index (χ2n) is 7.46. The van der Waals surface area contributed by atoms with Crippen molar-refractivity contribution in [2.45, 2.75) is 64.7 Å². The molecule has 1 heterocycles. The Morgan fingerprint density at radius 2 is 2.12 bits per heavy atom. The summed E-state index contributed by atoms with van der Waals surface area (Å²) >= 11 is 0. The molecular formula is C23H30O2. The number of rotatable bonds is 6. The normalized spacial score (nSPS) is 22.3. The van der Waals surface area contributed by atoms with Crippen LogP contribution in [-0.2, 0) is 0 Å². The summed E-state index contributed by atoms with van der Waals surface area (Å²) in [4.78, 5) is 0. The zero-order valence-corrected chi connectivity index (χ0v) is 15.6. The molecule has 0 bridgehead atoms. The van der Waals surface area contributed by atoms with E-state index in [-0.39, 0.29) is 11.8 Å². The quantitative estimate of drug-likeness (QED) is 0.461.